The summed E-state index contributed by atoms with van der Waals surface area (Å²) >= 11 is 0. The molecule has 0 saturated heterocycles. The minimum Gasteiger partial charge on any atom is -0.346 e. The van der Waals surface area contributed by atoms with Crippen molar-refractivity contribution >= 4 is 16.9 Å². The van der Waals surface area contributed by atoms with Gasteiger partial charge in [0.15, 0.2) is 0 Å². The van der Waals surface area contributed by atoms with Crippen molar-refractivity contribution in [2.75, 3.05) is 0 Å². The fraction of sp³-hybridized carbons (Fsp3) is 0.680. The van der Waals surface area contributed by atoms with Crippen molar-refractivity contribution in [3.05, 3.63) is 30.1 Å². The van der Waals surface area contributed by atoms with Crippen LogP contribution in [0.5, 0.6) is 0 Å². The van der Waals surface area contributed by atoms with Crippen LogP contribution in [0.25, 0.3) is 11.0 Å². The molecule has 1 aromatic carbocycles. The predicted octanol–water partition coefficient (Wildman–Crippen LogP) is 6.79. The number of nitrogens with one attached hydrogen (secondary N) is 1. The minimum absolute atomic E-state index is 0.0791. The quantitative estimate of drug-likeness (QED) is 0.355. The zero-order chi connectivity index (χ0) is 21.1. The van der Waals surface area contributed by atoms with Crippen LogP contribution in [0.15, 0.2) is 24.3 Å². The Labute approximate surface area is 177 Å². The van der Waals surface area contributed by atoms with E-state index in [2.05, 4.69) is 55.8 Å². The molecule has 0 aliphatic rings. The Bertz CT molecular complexity index is 733. The molecule has 0 aliphatic heterocycles. The zero-order valence-electron chi connectivity index (χ0n) is 19.0. The summed E-state index contributed by atoms with van der Waals surface area (Å²) < 4.78 is 2.32. The lowest BCUT2D eigenvalue weighted by atomic mass is 10.0. The summed E-state index contributed by atoms with van der Waals surface area (Å²) in [6.07, 6.45) is 12.3. The molecule has 0 fully saturated rings. The van der Waals surface area contributed by atoms with Crippen molar-refractivity contribution in [1.82, 2.24) is 14.9 Å². The van der Waals surface area contributed by atoms with Gasteiger partial charge in [0.2, 0.25) is 5.91 Å². The highest BCUT2D eigenvalue weighted by atomic mass is 16.1. The first-order valence-corrected chi connectivity index (χ1v) is 11.9. The second-order valence-electron chi connectivity index (χ2n) is 8.33. The maximum absolute atomic E-state index is 12.6. The van der Waals surface area contributed by atoms with Gasteiger partial charge in [0.1, 0.15) is 5.82 Å². The molecule has 0 radical (unpaired) electrons. The third-order valence-electron chi connectivity index (χ3n) is 6.02. The lowest BCUT2D eigenvalue weighted by Crippen LogP contribution is -2.33. The maximum atomic E-state index is 12.6. The van der Waals surface area contributed by atoms with Gasteiger partial charge in [-0.25, -0.2) is 4.98 Å². The summed E-state index contributed by atoms with van der Waals surface area (Å²) in [5.41, 5.74) is 2.19. The van der Waals surface area contributed by atoms with Crippen molar-refractivity contribution in [2.45, 2.75) is 104 Å². The summed E-state index contributed by atoms with van der Waals surface area (Å²) in [7, 11) is 0. The summed E-state index contributed by atoms with van der Waals surface area (Å²) in [6.45, 7) is 9.45. The largest absolute Gasteiger partial charge is 0.346 e. The molecular formula is C25H41N3O. The number of benzene rings is 1. The Morgan fingerprint density at radius 3 is 2.24 bits per heavy atom. The molecule has 0 aliphatic carbocycles. The van der Waals surface area contributed by atoms with Gasteiger partial charge in [0.05, 0.1) is 17.1 Å². The zero-order valence-corrected chi connectivity index (χ0v) is 19.0. The lowest BCUT2D eigenvalue weighted by molar-refractivity contribution is -0.125. The number of carbonyl (C=O) groups excluding carboxylic acids is 1. The molecule has 0 saturated carbocycles. The van der Waals surface area contributed by atoms with E-state index in [0.29, 0.717) is 0 Å². The van der Waals surface area contributed by atoms with E-state index in [9.17, 15) is 4.79 Å². The number of hydrogen-bond acceptors (Lipinski definition) is 2. The first-order chi connectivity index (χ1) is 14.1. The molecule has 2 rings (SSSR count). The number of unbranched alkanes of at least 4 members (excludes halogenated alkanes) is 7. The summed E-state index contributed by atoms with van der Waals surface area (Å²) in [4.78, 5) is 17.4. The Morgan fingerprint density at radius 2 is 1.59 bits per heavy atom. The van der Waals surface area contributed by atoms with E-state index in [4.69, 9.17) is 4.98 Å². The number of carbonyl (C=O) groups is 1. The fourth-order valence-corrected chi connectivity index (χ4v) is 4.12. The number of para-hydroxylation sites is 2. The monoisotopic (exact) mass is 399 g/mol. The first kappa shape index (κ1) is 23.4. The van der Waals surface area contributed by atoms with Crippen LogP contribution in [0.3, 0.4) is 0 Å². The van der Waals surface area contributed by atoms with Crippen molar-refractivity contribution in [1.29, 1.82) is 0 Å². The van der Waals surface area contributed by atoms with Gasteiger partial charge in [-0.2, -0.15) is 0 Å². The molecule has 1 aromatic heterocycles. The Morgan fingerprint density at radius 1 is 0.966 bits per heavy atom. The van der Waals surface area contributed by atoms with E-state index < -0.39 is 0 Å². The number of aryl methyl sites for hydroxylation is 1. The highest BCUT2D eigenvalue weighted by molar-refractivity contribution is 5.79. The molecule has 162 valence electrons. The van der Waals surface area contributed by atoms with Crippen molar-refractivity contribution < 1.29 is 4.79 Å². The van der Waals surface area contributed by atoms with Gasteiger partial charge in [-0.05, 0) is 38.3 Å². The molecule has 29 heavy (non-hydrogen) atoms. The van der Waals surface area contributed by atoms with E-state index in [1.165, 1.54) is 50.5 Å². The topological polar surface area (TPSA) is 46.9 Å². The number of hydrogen-bond donors (Lipinski definition) is 1. The second kappa shape index (κ2) is 12.7. The maximum Gasteiger partial charge on any atom is 0.223 e. The molecule has 0 bridgehead atoms. The molecule has 1 heterocycles. The highest BCUT2D eigenvalue weighted by Gasteiger charge is 2.21. The van der Waals surface area contributed by atoms with Crippen LogP contribution in [0.1, 0.15) is 104 Å². The van der Waals surface area contributed by atoms with Crippen LogP contribution in [0.4, 0.5) is 0 Å². The Balaban J connectivity index is 2.00. The van der Waals surface area contributed by atoms with Crippen LogP contribution >= 0.6 is 0 Å². The molecule has 1 amide bonds. The normalized spacial score (nSPS) is 12.6. The predicted molar refractivity (Wildman–Crippen MR) is 123 cm³/mol. The van der Waals surface area contributed by atoms with Crippen LogP contribution < -0.4 is 5.32 Å². The van der Waals surface area contributed by atoms with Crippen LogP contribution in [0, 0.1) is 5.92 Å². The molecule has 1 N–H and O–H groups in total. The van der Waals surface area contributed by atoms with Crippen molar-refractivity contribution in [3.63, 3.8) is 0 Å². The molecule has 4 heteroatoms. The average molecular weight is 400 g/mol. The van der Waals surface area contributed by atoms with E-state index in [1.54, 1.807) is 0 Å². The van der Waals surface area contributed by atoms with Gasteiger partial charge in [-0.3, -0.25) is 4.79 Å². The third-order valence-corrected chi connectivity index (χ3v) is 6.02. The standard InChI is InChI=1S/C25H41N3O/c1-5-8-9-10-11-12-13-16-19-28-23-18-15-14-17-22(23)27-24(28)20(4)26-25(29)21(6-2)7-3/h14-15,17-18,20-21H,5-13,16,19H2,1-4H3,(H,26,29). The first-order valence-electron chi connectivity index (χ1n) is 11.9. The second-order valence-corrected chi connectivity index (χ2v) is 8.33. The number of aromatic nitrogens is 2. The van der Waals surface area contributed by atoms with Crippen molar-refractivity contribution in [2.24, 2.45) is 5.92 Å². The highest BCUT2D eigenvalue weighted by Crippen LogP contribution is 2.23. The Hall–Kier alpha value is -1.84. The van der Waals surface area contributed by atoms with Gasteiger partial charge in [-0.1, -0.05) is 77.8 Å². The summed E-state index contributed by atoms with van der Waals surface area (Å²) in [5.74, 6) is 1.21. The fourth-order valence-electron chi connectivity index (χ4n) is 4.12. The average Bonchev–Trinajstić information content (AvgIpc) is 3.09. The van der Waals surface area contributed by atoms with E-state index in [0.717, 1.165) is 37.1 Å². The number of rotatable bonds is 14. The van der Waals surface area contributed by atoms with Gasteiger partial charge < -0.3 is 9.88 Å². The van der Waals surface area contributed by atoms with Gasteiger partial charge in [0, 0.05) is 12.5 Å². The molecule has 1 atom stereocenters. The van der Waals surface area contributed by atoms with E-state index in [-0.39, 0.29) is 17.9 Å². The molecule has 2 aromatic rings. The number of nitrogens with zero attached hydrogens (tertiary/aromatic N) is 2. The lowest BCUT2D eigenvalue weighted by Gasteiger charge is -2.19. The van der Waals surface area contributed by atoms with Gasteiger partial charge in [0.25, 0.3) is 0 Å². The van der Waals surface area contributed by atoms with Gasteiger partial charge in [-0.15, -0.1) is 0 Å². The van der Waals surface area contributed by atoms with Crippen LogP contribution in [-0.4, -0.2) is 15.5 Å². The number of fused-ring (bicyclic) bond motifs is 1. The summed E-state index contributed by atoms with van der Waals surface area (Å²) in [6, 6.07) is 8.24. The molecule has 4 nitrogen and oxygen atoms in total. The van der Waals surface area contributed by atoms with E-state index >= 15 is 0 Å². The number of imidazole rings is 1. The third kappa shape index (κ3) is 6.87. The van der Waals surface area contributed by atoms with Gasteiger partial charge >= 0.3 is 0 Å². The summed E-state index contributed by atoms with van der Waals surface area (Å²) in [5, 5.41) is 3.21. The number of amides is 1. The van der Waals surface area contributed by atoms with Crippen molar-refractivity contribution in [3.8, 4) is 0 Å². The van der Waals surface area contributed by atoms with Crippen LogP contribution in [0.2, 0.25) is 0 Å². The smallest absolute Gasteiger partial charge is 0.223 e. The molecule has 0 spiro atoms. The van der Waals surface area contributed by atoms with Crippen LogP contribution in [-0.2, 0) is 11.3 Å². The molecular weight excluding hydrogens is 358 g/mol. The SMILES string of the molecule is CCCCCCCCCCn1c(C(C)NC(=O)C(CC)CC)nc2ccccc21. The minimum atomic E-state index is -0.0791. The molecule has 1 unspecified atom stereocenters. The Kier molecular flexibility index (Phi) is 10.2. The van der Waals surface area contributed by atoms with E-state index in [1.807, 2.05) is 6.07 Å².